The van der Waals surface area contributed by atoms with E-state index in [0.717, 1.165) is 43.6 Å². The Morgan fingerprint density at radius 3 is 2.86 bits per heavy atom. The first-order chi connectivity index (χ1) is 13.6. The number of piperidine rings is 1. The van der Waals surface area contributed by atoms with E-state index in [1.54, 1.807) is 7.11 Å². The number of carbonyl (C=O) groups is 2. The lowest BCUT2D eigenvalue weighted by atomic mass is 9.67. The van der Waals surface area contributed by atoms with E-state index in [9.17, 15) is 9.59 Å². The van der Waals surface area contributed by atoms with Gasteiger partial charge in [0.25, 0.3) is 0 Å². The minimum Gasteiger partial charge on any atom is -0.504 e. The van der Waals surface area contributed by atoms with Crippen molar-refractivity contribution in [1.29, 1.82) is 0 Å². The lowest BCUT2D eigenvalue weighted by Gasteiger charge is -2.45. The molecule has 2 saturated heterocycles. The summed E-state index contributed by atoms with van der Waals surface area (Å²) in [7, 11) is 2.95. The predicted molar refractivity (Wildman–Crippen MR) is 106 cm³/mol. The van der Waals surface area contributed by atoms with E-state index < -0.39 is 5.41 Å². The summed E-state index contributed by atoms with van der Waals surface area (Å²) in [4.78, 5) is 28.1. The first kappa shape index (κ1) is 19.0. The molecule has 0 bridgehead atoms. The van der Waals surface area contributed by atoms with Crippen LogP contribution in [0.3, 0.4) is 0 Å². The molecule has 3 heterocycles. The maximum Gasteiger partial charge on any atom is 0.337 e. The number of para-hydroxylation sites is 1. The molecule has 0 unspecified atom stereocenters. The molecule has 1 amide bonds. The van der Waals surface area contributed by atoms with Crippen molar-refractivity contribution in [2.24, 2.45) is 11.8 Å². The van der Waals surface area contributed by atoms with E-state index in [1.165, 1.54) is 13.4 Å². The number of carbonyl (C=O) groups excluding carboxylic acids is 2. The number of benzene rings is 1. The van der Waals surface area contributed by atoms with Crippen LogP contribution in [-0.2, 0) is 24.5 Å². The molecule has 28 heavy (non-hydrogen) atoms. The number of anilines is 1. The molecule has 1 aromatic carbocycles. The Morgan fingerprint density at radius 2 is 2.14 bits per heavy atom. The Hall–Kier alpha value is -2.34. The summed E-state index contributed by atoms with van der Waals surface area (Å²) in [5, 5.41) is 3.10. The average molecular weight is 384 g/mol. The van der Waals surface area contributed by atoms with Crippen LogP contribution in [0.4, 0.5) is 5.69 Å². The van der Waals surface area contributed by atoms with Crippen LogP contribution in [0.15, 0.2) is 36.1 Å². The number of nitrogens with zero attached hydrogens (tertiary/aromatic N) is 1. The highest BCUT2D eigenvalue weighted by molar-refractivity contribution is 6.07. The van der Waals surface area contributed by atoms with Gasteiger partial charge in [0, 0.05) is 18.3 Å². The molecule has 1 spiro atoms. The van der Waals surface area contributed by atoms with Crippen molar-refractivity contribution in [1.82, 2.24) is 4.90 Å². The molecular formula is C22H28N2O4. The Labute approximate surface area is 165 Å². The van der Waals surface area contributed by atoms with Crippen LogP contribution in [0.2, 0.25) is 0 Å². The summed E-state index contributed by atoms with van der Waals surface area (Å²) in [5.41, 5.74) is 2.05. The molecule has 0 saturated carbocycles. The van der Waals surface area contributed by atoms with E-state index in [0.29, 0.717) is 11.5 Å². The second kappa shape index (κ2) is 7.24. The van der Waals surface area contributed by atoms with E-state index >= 15 is 0 Å². The van der Waals surface area contributed by atoms with Gasteiger partial charge in [-0.25, -0.2) is 4.79 Å². The smallest absolute Gasteiger partial charge is 0.337 e. The van der Waals surface area contributed by atoms with Gasteiger partial charge in [0.2, 0.25) is 5.91 Å². The van der Waals surface area contributed by atoms with Gasteiger partial charge in [-0.2, -0.15) is 0 Å². The summed E-state index contributed by atoms with van der Waals surface area (Å²) in [6.45, 7) is 3.93. The van der Waals surface area contributed by atoms with Crippen molar-refractivity contribution in [2.45, 2.75) is 37.6 Å². The zero-order valence-electron chi connectivity index (χ0n) is 16.7. The number of hydrogen-bond donors (Lipinski definition) is 1. The quantitative estimate of drug-likeness (QED) is 0.491. The van der Waals surface area contributed by atoms with E-state index in [4.69, 9.17) is 9.47 Å². The first-order valence-electron chi connectivity index (χ1n) is 10.0. The van der Waals surface area contributed by atoms with Crippen LogP contribution in [0, 0.1) is 11.8 Å². The predicted octanol–water partition coefficient (Wildman–Crippen LogP) is 2.70. The third kappa shape index (κ3) is 2.65. The molecule has 1 N–H and O–H groups in total. The fourth-order valence-corrected chi connectivity index (χ4v) is 5.63. The summed E-state index contributed by atoms with van der Waals surface area (Å²) < 4.78 is 10.3. The number of methoxy groups -OCH3 is 2. The highest BCUT2D eigenvalue weighted by atomic mass is 16.5. The highest BCUT2D eigenvalue weighted by Gasteiger charge is 2.60. The second-order valence-corrected chi connectivity index (χ2v) is 8.04. The average Bonchev–Trinajstić information content (AvgIpc) is 3.23. The molecule has 0 radical (unpaired) electrons. The third-order valence-corrected chi connectivity index (χ3v) is 6.97. The number of fused-ring (bicyclic) bond motifs is 4. The van der Waals surface area contributed by atoms with E-state index in [1.807, 2.05) is 18.2 Å². The molecule has 3 aliphatic rings. The highest BCUT2D eigenvalue weighted by Crippen LogP contribution is 2.53. The van der Waals surface area contributed by atoms with Gasteiger partial charge >= 0.3 is 5.97 Å². The molecule has 0 aliphatic carbocycles. The molecule has 6 heteroatoms. The Kier molecular flexibility index (Phi) is 4.91. The minimum absolute atomic E-state index is 0.00851. The second-order valence-electron chi connectivity index (χ2n) is 8.04. The van der Waals surface area contributed by atoms with Gasteiger partial charge in [-0.15, -0.1) is 0 Å². The Bertz CT molecular complexity index is 821. The summed E-state index contributed by atoms with van der Waals surface area (Å²) in [6.07, 6.45) is 4.04. The maximum absolute atomic E-state index is 13.2. The fourth-order valence-electron chi connectivity index (χ4n) is 5.63. The summed E-state index contributed by atoms with van der Waals surface area (Å²) in [5.74, 6) is 0.0769. The van der Waals surface area contributed by atoms with Crippen molar-refractivity contribution in [3.63, 3.8) is 0 Å². The van der Waals surface area contributed by atoms with Gasteiger partial charge in [-0.05, 0) is 42.9 Å². The standard InChI is InChI=1S/C22H28N2O4/c1-4-14-12-24-10-9-22(17-7-5-6-8-18(17)23-21(22)26)19(24)11-15(14)16(13-27-2)20(25)28-3/h5-8,13-15,19H,4,9-12H2,1-3H3,(H,23,26)/b16-13+/t14-,15+,19+,22+/m1/s1. The largest absolute Gasteiger partial charge is 0.504 e. The van der Waals surface area contributed by atoms with E-state index in [2.05, 4.69) is 23.2 Å². The molecule has 1 aromatic rings. The van der Waals surface area contributed by atoms with Gasteiger partial charge in [-0.3, -0.25) is 9.69 Å². The number of hydrogen-bond acceptors (Lipinski definition) is 5. The third-order valence-electron chi connectivity index (χ3n) is 6.97. The van der Waals surface area contributed by atoms with Gasteiger partial charge in [-0.1, -0.05) is 31.5 Å². The van der Waals surface area contributed by atoms with Crippen LogP contribution >= 0.6 is 0 Å². The van der Waals surface area contributed by atoms with Crippen LogP contribution in [-0.4, -0.2) is 50.1 Å². The number of esters is 1. The van der Waals surface area contributed by atoms with Crippen molar-refractivity contribution in [3.05, 3.63) is 41.7 Å². The molecule has 150 valence electrons. The van der Waals surface area contributed by atoms with Crippen molar-refractivity contribution in [3.8, 4) is 0 Å². The number of amides is 1. The number of nitrogens with one attached hydrogen (secondary N) is 1. The zero-order valence-corrected chi connectivity index (χ0v) is 16.7. The number of ether oxygens (including phenoxy) is 2. The molecule has 4 atom stereocenters. The normalized spacial score (nSPS) is 32.0. The number of rotatable bonds is 4. The van der Waals surface area contributed by atoms with Crippen LogP contribution in [0.25, 0.3) is 0 Å². The van der Waals surface area contributed by atoms with Crippen LogP contribution in [0.5, 0.6) is 0 Å². The SMILES string of the molecule is CC[C@@H]1CN2CC[C@@]3(C(=O)Nc4ccccc43)[C@@H]2C[C@@H]1/C(=C\OC)C(=O)OC. The fraction of sp³-hybridized carbons (Fsp3) is 0.545. The molecule has 4 rings (SSSR count). The lowest BCUT2D eigenvalue weighted by Crippen LogP contribution is -2.53. The topological polar surface area (TPSA) is 67.9 Å². The Morgan fingerprint density at radius 1 is 1.36 bits per heavy atom. The Balaban J connectivity index is 1.74. The minimum atomic E-state index is -0.540. The van der Waals surface area contributed by atoms with Gasteiger partial charge in [0.15, 0.2) is 0 Å². The maximum atomic E-state index is 13.2. The van der Waals surface area contributed by atoms with Crippen molar-refractivity contribution in [2.75, 3.05) is 32.6 Å². The van der Waals surface area contributed by atoms with Gasteiger partial charge < -0.3 is 14.8 Å². The molecule has 0 aromatic heterocycles. The lowest BCUT2D eigenvalue weighted by molar-refractivity contribution is -0.137. The van der Waals surface area contributed by atoms with Gasteiger partial charge in [0.05, 0.1) is 31.5 Å². The zero-order chi connectivity index (χ0) is 19.9. The van der Waals surface area contributed by atoms with Crippen LogP contribution in [0.1, 0.15) is 31.7 Å². The first-order valence-corrected chi connectivity index (χ1v) is 10.0. The molecule has 6 nitrogen and oxygen atoms in total. The van der Waals surface area contributed by atoms with Crippen molar-refractivity contribution >= 4 is 17.6 Å². The molecule has 3 aliphatic heterocycles. The van der Waals surface area contributed by atoms with Gasteiger partial charge in [0.1, 0.15) is 0 Å². The monoisotopic (exact) mass is 384 g/mol. The molecule has 2 fully saturated rings. The van der Waals surface area contributed by atoms with E-state index in [-0.39, 0.29) is 23.8 Å². The van der Waals surface area contributed by atoms with Crippen LogP contribution < -0.4 is 5.32 Å². The molecular weight excluding hydrogens is 356 g/mol. The summed E-state index contributed by atoms with van der Waals surface area (Å²) in [6, 6.07) is 8.07. The summed E-state index contributed by atoms with van der Waals surface area (Å²) >= 11 is 0. The van der Waals surface area contributed by atoms with Crippen molar-refractivity contribution < 1.29 is 19.1 Å².